The minimum Gasteiger partial charge on any atom is -0.457 e. The molecular weight excluding hydrogens is 667 g/mol. The van der Waals surface area contributed by atoms with E-state index in [0.29, 0.717) is 6.61 Å². The van der Waals surface area contributed by atoms with Crippen molar-refractivity contribution in [3.05, 3.63) is 24.3 Å². The van der Waals surface area contributed by atoms with Crippen molar-refractivity contribution in [2.75, 3.05) is 33.0 Å². The summed E-state index contributed by atoms with van der Waals surface area (Å²) in [5.74, 6) is -0.389. The third kappa shape index (κ3) is 38.5. The smallest absolute Gasteiger partial charge is 0.457 e. The summed E-state index contributed by atoms with van der Waals surface area (Å²) in [5, 5.41) is 18.3. The van der Waals surface area contributed by atoms with Gasteiger partial charge in [0.05, 0.1) is 26.4 Å². The number of hydrogen-bond donors (Lipinski definition) is 3. The third-order valence-electron chi connectivity index (χ3n) is 8.89. The Bertz CT molecular complexity index is 851. The van der Waals surface area contributed by atoms with Crippen LogP contribution in [0.15, 0.2) is 24.3 Å². The highest BCUT2D eigenvalue weighted by Gasteiger charge is 2.26. The molecule has 0 bridgehead atoms. The molecule has 0 aliphatic rings. The summed E-state index contributed by atoms with van der Waals surface area (Å²) < 4.78 is 33.3. The molecule has 0 aromatic heterocycles. The Hall–Kier alpha value is -1.06. The molecule has 0 aliphatic carbocycles. The molecule has 3 unspecified atom stereocenters. The van der Waals surface area contributed by atoms with Gasteiger partial charge in [-0.05, 0) is 44.9 Å². The van der Waals surface area contributed by atoms with Crippen molar-refractivity contribution in [1.29, 1.82) is 0 Å². The van der Waals surface area contributed by atoms with Crippen LogP contribution in [0.5, 0.6) is 0 Å². The van der Waals surface area contributed by atoms with E-state index in [2.05, 4.69) is 38.2 Å². The van der Waals surface area contributed by atoms with Gasteiger partial charge in [-0.3, -0.25) is 13.8 Å². The lowest BCUT2D eigenvalue weighted by atomic mass is 10.1. The van der Waals surface area contributed by atoms with Crippen LogP contribution in [0.25, 0.3) is 0 Å². The van der Waals surface area contributed by atoms with Gasteiger partial charge >= 0.3 is 13.8 Å². The van der Waals surface area contributed by atoms with Crippen molar-refractivity contribution in [3.63, 3.8) is 0 Å². The highest BCUT2D eigenvalue weighted by Crippen LogP contribution is 2.43. The van der Waals surface area contributed by atoms with Crippen LogP contribution >= 0.6 is 7.82 Å². The first-order valence-electron chi connectivity index (χ1n) is 20.8. The number of carbonyl (C=O) groups is 1. The minimum atomic E-state index is -4.51. The fourth-order valence-electron chi connectivity index (χ4n) is 5.68. The SMILES string of the molecule is CCCCCC/C=C\C/C=C\CCCCCCCCCC(=O)OC(COCCCCCCCCCCCCCC)COP(=O)(O)OCC(O)CO. The number of aliphatic hydroxyl groups excluding tert-OH is 2. The molecular formula is C41H79O9P. The van der Waals surface area contributed by atoms with E-state index in [0.717, 1.165) is 51.4 Å². The quantitative estimate of drug-likeness (QED) is 0.0242. The lowest BCUT2D eigenvalue weighted by molar-refractivity contribution is -0.154. The largest absolute Gasteiger partial charge is 0.472 e. The third-order valence-corrected chi connectivity index (χ3v) is 9.84. The molecule has 0 fully saturated rings. The lowest BCUT2D eigenvalue weighted by Gasteiger charge is -2.20. The molecule has 3 N–H and O–H groups in total. The van der Waals surface area contributed by atoms with E-state index in [1.54, 1.807) is 0 Å². The highest BCUT2D eigenvalue weighted by molar-refractivity contribution is 7.47. The Labute approximate surface area is 313 Å². The summed E-state index contributed by atoms with van der Waals surface area (Å²) in [6.45, 7) is 3.51. The van der Waals surface area contributed by atoms with Crippen molar-refractivity contribution in [2.45, 2.75) is 199 Å². The molecule has 3 atom stereocenters. The first kappa shape index (κ1) is 49.9. The van der Waals surface area contributed by atoms with Gasteiger partial charge in [-0.15, -0.1) is 0 Å². The molecule has 0 amide bonds. The summed E-state index contributed by atoms with van der Waals surface area (Å²) in [7, 11) is -4.51. The number of aliphatic hydroxyl groups is 2. The van der Waals surface area contributed by atoms with Gasteiger partial charge in [-0.1, -0.05) is 160 Å². The van der Waals surface area contributed by atoms with Crippen molar-refractivity contribution in [1.82, 2.24) is 0 Å². The molecule has 302 valence electrons. The van der Waals surface area contributed by atoms with Crippen LogP contribution in [-0.2, 0) is 27.9 Å². The van der Waals surface area contributed by atoms with Crippen LogP contribution < -0.4 is 0 Å². The molecule has 10 heteroatoms. The molecule has 0 spiro atoms. The summed E-state index contributed by atoms with van der Waals surface area (Å²) in [4.78, 5) is 22.5. The van der Waals surface area contributed by atoms with Gasteiger partial charge in [0.1, 0.15) is 12.2 Å². The summed E-state index contributed by atoms with van der Waals surface area (Å²) in [6, 6.07) is 0. The molecule has 0 aromatic rings. The van der Waals surface area contributed by atoms with Crippen LogP contribution in [0.3, 0.4) is 0 Å². The number of esters is 1. The van der Waals surface area contributed by atoms with E-state index in [1.165, 1.54) is 116 Å². The van der Waals surface area contributed by atoms with E-state index >= 15 is 0 Å². The molecule has 0 aliphatic heterocycles. The first-order valence-corrected chi connectivity index (χ1v) is 22.3. The lowest BCUT2D eigenvalue weighted by Crippen LogP contribution is -2.29. The number of unbranched alkanes of at least 4 members (excludes halogenated alkanes) is 22. The van der Waals surface area contributed by atoms with Crippen LogP contribution in [0.1, 0.15) is 187 Å². The average Bonchev–Trinajstić information content (AvgIpc) is 3.12. The second-order valence-electron chi connectivity index (χ2n) is 14.0. The summed E-state index contributed by atoms with van der Waals surface area (Å²) >= 11 is 0. The van der Waals surface area contributed by atoms with Crippen LogP contribution in [0.4, 0.5) is 0 Å². The van der Waals surface area contributed by atoms with Gasteiger partial charge in [0, 0.05) is 13.0 Å². The first-order chi connectivity index (χ1) is 24.8. The normalized spacial score (nSPS) is 14.4. The van der Waals surface area contributed by atoms with Crippen molar-refractivity contribution in [3.8, 4) is 0 Å². The second-order valence-corrected chi connectivity index (χ2v) is 15.5. The Balaban J connectivity index is 4.18. The van der Waals surface area contributed by atoms with Crippen molar-refractivity contribution in [2.24, 2.45) is 0 Å². The van der Waals surface area contributed by atoms with E-state index < -0.39 is 33.2 Å². The zero-order chi connectivity index (χ0) is 37.5. The summed E-state index contributed by atoms with van der Waals surface area (Å²) in [6.07, 6.45) is 38.4. The van der Waals surface area contributed by atoms with E-state index in [-0.39, 0.29) is 25.6 Å². The maximum Gasteiger partial charge on any atom is 0.472 e. The number of rotatable bonds is 40. The van der Waals surface area contributed by atoms with Gasteiger partial charge in [-0.2, -0.15) is 0 Å². The van der Waals surface area contributed by atoms with Crippen LogP contribution in [0.2, 0.25) is 0 Å². The predicted octanol–water partition coefficient (Wildman–Crippen LogP) is 11.1. The van der Waals surface area contributed by atoms with Crippen molar-refractivity contribution < 1.29 is 43.0 Å². The van der Waals surface area contributed by atoms with E-state index in [9.17, 15) is 19.4 Å². The Morgan fingerprint density at radius 2 is 1.06 bits per heavy atom. The van der Waals surface area contributed by atoms with E-state index in [1.807, 2.05) is 0 Å². The summed E-state index contributed by atoms with van der Waals surface area (Å²) in [5.41, 5.74) is 0. The number of allylic oxidation sites excluding steroid dienone is 4. The molecule has 0 rings (SSSR count). The van der Waals surface area contributed by atoms with Gasteiger partial charge in [0.2, 0.25) is 0 Å². The zero-order valence-electron chi connectivity index (χ0n) is 32.8. The molecule has 0 aromatic carbocycles. The van der Waals surface area contributed by atoms with Crippen LogP contribution in [0, 0.1) is 0 Å². The fraction of sp³-hybridized carbons (Fsp3) is 0.878. The molecule has 51 heavy (non-hydrogen) atoms. The highest BCUT2D eigenvalue weighted by atomic mass is 31.2. The number of ether oxygens (including phenoxy) is 2. The zero-order valence-corrected chi connectivity index (χ0v) is 33.7. The number of carbonyl (C=O) groups excluding carboxylic acids is 1. The standard InChI is InChI=1S/C41H79O9P/c1-3-5-7-9-11-13-15-17-18-19-20-21-22-23-25-27-29-31-33-41(44)50-40(38-49-51(45,46)48-36-39(43)35-42)37-47-34-32-30-28-26-24-16-14-12-10-8-6-4-2/h13,15,18-19,39-40,42-43H,3-12,14,16-17,20-38H2,1-2H3,(H,45,46)/b15-13-,19-18-. The number of phosphoric ester groups is 1. The molecule has 0 saturated heterocycles. The Morgan fingerprint density at radius 3 is 1.59 bits per heavy atom. The topological polar surface area (TPSA) is 132 Å². The van der Waals surface area contributed by atoms with E-state index in [4.69, 9.17) is 23.6 Å². The molecule has 0 heterocycles. The molecule has 0 saturated carbocycles. The monoisotopic (exact) mass is 747 g/mol. The predicted molar refractivity (Wildman–Crippen MR) is 210 cm³/mol. The number of hydrogen-bond acceptors (Lipinski definition) is 8. The molecule has 9 nitrogen and oxygen atoms in total. The van der Waals surface area contributed by atoms with Gasteiger partial charge < -0.3 is 24.6 Å². The van der Waals surface area contributed by atoms with Gasteiger partial charge in [-0.25, -0.2) is 4.57 Å². The minimum absolute atomic E-state index is 0.0497. The average molecular weight is 747 g/mol. The second kappa shape index (κ2) is 38.7. The van der Waals surface area contributed by atoms with Gasteiger partial charge in [0.25, 0.3) is 0 Å². The maximum atomic E-state index is 12.6. The van der Waals surface area contributed by atoms with Crippen molar-refractivity contribution >= 4 is 13.8 Å². The van der Waals surface area contributed by atoms with Crippen LogP contribution in [-0.4, -0.2) is 66.3 Å². The van der Waals surface area contributed by atoms with Gasteiger partial charge in [0.15, 0.2) is 0 Å². The molecule has 0 radical (unpaired) electrons. The fourth-order valence-corrected chi connectivity index (χ4v) is 6.47. The maximum absolute atomic E-state index is 12.6. The Kier molecular flexibility index (Phi) is 37.9. The number of phosphoric acid groups is 1. The Morgan fingerprint density at radius 1 is 0.608 bits per heavy atom.